The van der Waals surface area contributed by atoms with Crippen LogP contribution in [-0.2, 0) is 11.3 Å². The molecule has 3 rings (SSSR count). The molecule has 0 amide bonds. The quantitative estimate of drug-likeness (QED) is 0.824. The highest BCUT2D eigenvalue weighted by Gasteiger charge is 2.24. The first-order valence-corrected chi connectivity index (χ1v) is 6.96. The van der Waals surface area contributed by atoms with Gasteiger partial charge >= 0.3 is 0 Å². The molecule has 0 spiro atoms. The van der Waals surface area contributed by atoms with Crippen molar-refractivity contribution in [3.05, 3.63) is 17.7 Å². The van der Waals surface area contributed by atoms with Gasteiger partial charge in [-0.2, -0.15) is 4.98 Å². The summed E-state index contributed by atoms with van der Waals surface area (Å²) in [5.41, 5.74) is 1.13. The first kappa shape index (κ1) is 12.7. The number of nitrogens with zero attached hydrogens (tertiary/aromatic N) is 2. The van der Waals surface area contributed by atoms with Crippen molar-refractivity contribution in [2.45, 2.75) is 32.6 Å². The van der Waals surface area contributed by atoms with E-state index in [-0.39, 0.29) is 12.2 Å². The Bertz CT molecular complexity index is 442. The molecule has 2 atom stereocenters. The molecule has 19 heavy (non-hydrogen) atoms. The number of morpholine rings is 1. The third kappa shape index (κ3) is 2.82. The van der Waals surface area contributed by atoms with E-state index in [0.717, 1.165) is 43.4 Å². The molecule has 1 saturated heterocycles. The number of hydrogen-bond acceptors (Lipinski definition) is 5. The lowest BCUT2D eigenvalue weighted by Gasteiger charge is -2.36. The molecule has 2 aliphatic rings. The Kier molecular flexibility index (Phi) is 3.57. The normalized spacial score (nSPS) is 27.4. The van der Waals surface area contributed by atoms with E-state index in [9.17, 15) is 0 Å². The zero-order valence-electron chi connectivity index (χ0n) is 11.6. The van der Waals surface area contributed by atoms with Crippen LogP contribution in [-0.4, -0.2) is 43.4 Å². The summed E-state index contributed by atoms with van der Waals surface area (Å²) < 4.78 is 11.5. The van der Waals surface area contributed by atoms with Crippen LogP contribution < -0.4 is 15.0 Å². The van der Waals surface area contributed by atoms with Gasteiger partial charge in [-0.15, -0.1) is 0 Å². The molecule has 3 heterocycles. The summed E-state index contributed by atoms with van der Waals surface area (Å²) in [6.45, 7) is 8.36. The van der Waals surface area contributed by atoms with E-state index in [4.69, 9.17) is 9.47 Å². The van der Waals surface area contributed by atoms with E-state index in [1.165, 1.54) is 0 Å². The summed E-state index contributed by atoms with van der Waals surface area (Å²) in [6.07, 6.45) is 0.485. The fraction of sp³-hybridized carbons (Fsp3) is 0.643. The number of ether oxygens (including phenoxy) is 2. The number of nitrogens with one attached hydrogen (secondary N) is 1. The van der Waals surface area contributed by atoms with Gasteiger partial charge in [0.15, 0.2) is 0 Å². The van der Waals surface area contributed by atoms with E-state index in [2.05, 4.69) is 41.2 Å². The Morgan fingerprint density at radius 3 is 2.84 bits per heavy atom. The number of rotatable bonds is 1. The standard InChI is InChI=1S/C14H21N3O2/c1-10-8-17(9-11(2)19-10)13-4-3-12-7-15-5-6-18-14(12)16-13/h3-4,10-11,15H,5-9H2,1-2H3/t10-,11?/m0/s1. The molecule has 2 aliphatic heterocycles. The van der Waals surface area contributed by atoms with Crippen LogP contribution in [0.2, 0.25) is 0 Å². The average molecular weight is 263 g/mol. The second-order valence-electron chi connectivity index (χ2n) is 5.32. The molecule has 1 aromatic rings. The lowest BCUT2D eigenvalue weighted by Crippen LogP contribution is -2.45. The third-order valence-electron chi connectivity index (χ3n) is 3.50. The van der Waals surface area contributed by atoms with Gasteiger partial charge < -0.3 is 19.7 Å². The molecular weight excluding hydrogens is 242 g/mol. The van der Waals surface area contributed by atoms with Gasteiger partial charge in [-0.3, -0.25) is 0 Å². The lowest BCUT2D eigenvalue weighted by molar-refractivity contribution is -0.00549. The van der Waals surface area contributed by atoms with Gasteiger partial charge in [0, 0.05) is 31.7 Å². The van der Waals surface area contributed by atoms with Gasteiger partial charge in [-0.1, -0.05) is 0 Å². The average Bonchev–Trinajstić information content (AvgIpc) is 2.61. The van der Waals surface area contributed by atoms with E-state index < -0.39 is 0 Å². The molecule has 0 aromatic carbocycles. The summed E-state index contributed by atoms with van der Waals surface area (Å²) >= 11 is 0. The van der Waals surface area contributed by atoms with E-state index >= 15 is 0 Å². The van der Waals surface area contributed by atoms with Crippen LogP contribution in [0.25, 0.3) is 0 Å². The zero-order valence-corrected chi connectivity index (χ0v) is 11.6. The van der Waals surface area contributed by atoms with Crippen LogP contribution in [0.1, 0.15) is 19.4 Å². The molecule has 1 fully saturated rings. The second kappa shape index (κ2) is 5.35. The maximum absolute atomic E-state index is 5.76. The Morgan fingerprint density at radius 2 is 2.05 bits per heavy atom. The topological polar surface area (TPSA) is 46.6 Å². The Balaban J connectivity index is 1.83. The van der Waals surface area contributed by atoms with Crippen molar-refractivity contribution in [3.63, 3.8) is 0 Å². The first-order chi connectivity index (χ1) is 9.22. The zero-order chi connectivity index (χ0) is 13.2. The molecule has 0 saturated carbocycles. The van der Waals surface area contributed by atoms with Crippen molar-refractivity contribution in [1.82, 2.24) is 10.3 Å². The minimum Gasteiger partial charge on any atom is -0.476 e. The van der Waals surface area contributed by atoms with Crippen molar-refractivity contribution in [3.8, 4) is 5.88 Å². The summed E-state index contributed by atoms with van der Waals surface area (Å²) in [4.78, 5) is 6.95. The lowest BCUT2D eigenvalue weighted by atomic mass is 10.2. The number of aromatic nitrogens is 1. The summed E-state index contributed by atoms with van der Waals surface area (Å²) in [7, 11) is 0. The second-order valence-corrected chi connectivity index (χ2v) is 5.32. The Morgan fingerprint density at radius 1 is 1.26 bits per heavy atom. The molecule has 1 N–H and O–H groups in total. The molecule has 0 bridgehead atoms. The monoisotopic (exact) mass is 263 g/mol. The maximum atomic E-state index is 5.76. The third-order valence-corrected chi connectivity index (χ3v) is 3.50. The van der Waals surface area contributed by atoms with E-state index in [1.54, 1.807) is 0 Å². The SMILES string of the molecule is CC1CN(c2ccc3c(n2)OCCNC3)C[C@H](C)O1. The summed E-state index contributed by atoms with van der Waals surface area (Å²) in [5, 5.41) is 3.32. The molecule has 1 aromatic heterocycles. The molecular formula is C14H21N3O2. The summed E-state index contributed by atoms with van der Waals surface area (Å²) in [5.74, 6) is 1.76. The van der Waals surface area contributed by atoms with Crippen LogP contribution in [0, 0.1) is 0 Å². The highest BCUT2D eigenvalue weighted by Crippen LogP contribution is 2.24. The van der Waals surface area contributed by atoms with E-state index in [0.29, 0.717) is 6.61 Å². The van der Waals surface area contributed by atoms with Crippen LogP contribution in [0.5, 0.6) is 5.88 Å². The van der Waals surface area contributed by atoms with Gasteiger partial charge in [-0.25, -0.2) is 0 Å². The number of fused-ring (bicyclic) bond motifs is 1. The van der Waals surface area contributed by atoms with Crippen molar-refractivity contribution in [2.75, 3.05) is 31.1 Å². The van der Waals surface area contributed by atoms with Crippen molar-refractivity contribution < 1.29 is 9.47 Å². The molecule has 5 nitrogen and oxygen atoms in total. The molecule has 5 heteroatoms. The van der Waals surface area contributed by atoms with Crippen LogP contribution in [0.3, 0.4) is 0 Å². The highest BCUT2D eigenvalue weighted by atomic mass is 16.5. The molecule has 0 radical (unpaired) electrons. The Labute approximate surface area is 113 Å². The van der Waals surface area contributed by atoms with Gasteiger partial charge in [0.25, 0.3) is 0 Å². The minimum atomic E-state index is 0.243. The maximum Gasteiger partial charge on any atom is 0.219 e. The number of anilines is 1. The van der Waals surface area contributed by atoms with Crippen LogP contribution in [0.15, 0.2) is 12.1 Å². The molecule has 1 unspecified atom stereocenters. The van der Waals surface area contributed by atoms with Gasteiger partial charge in [0.05, 0.1) is 12.2 Å². The number of hydrogen-bond donors (Lipinski definition) is 1. The van der Waals surface area contributed by atoms with Gasteiger partial charge in [0.1, 0.15) is 12.4 Å². The van der Waals surface area contributed by atoms with Crippen LogP contribution >= 0.6 is 0 Å². The molecule has 0 aliphatic carbocycles. The van der Waals surface area contributed by atoms with Gasteiger partial charge in [-0.05, 0) is 26.0 Å². The Hall–Kier alpha value is -1.33. The van der Waals surface area contributed by atoms with Gasteiger partial charge in [0.2, 0.25) is 5.88 Å². The van der Waals surface area contributed by atoms with Crippen molar-refractivity contribution >= 4 is 5.82 Å². The van der Waals surface area contributed by atoms with Crippen LogP contribution in [0.4, 0.5) is 5.82 Å². The first-order valence-electron chi connectivity index (χ1n) is 6.96. The van der Waals surface area contributed by atoms with Crippen molar-refractivity contribution in [2.24, 2.45) is 0 Å². The van der Waals surface area contributed by atoms with E-state index in [1.807, 2.05) is 0 Å². The highest BCUT2D eigenvalue weighted by molar-refractivity contribution is 5.45. The smallest absolute Gasteiger partial charge is 0.219 e. The largest absolute Gasteiger partial charge is 0.476 e. The predicted molar refractivity (Wildman–Crippen MR) is 73.7 cm³/mol. The number of pyridine rings is 1. The predicted octanol–water partition coefficient (Wildman–Crippen LogP) is 1.18. The minimum absolute atomic E-state index is 0.243. The fourth-order valence-electron chi connectivity index (χ4n) is 2.70. The summed E-state index contributed by atoms with van der Waals surface area (Å²) in [6, 6.07) is 4.20. The van der Waals surface area contributed by atoms with Crippen molar-refractivity contribution in [1.29, 1.82) is 0 Å². The molecule has 104 valence electrons. The fourth-order valence-corrected chi connectivity index (χ4v) is 2.70.